The van der Waals surface area contributed by atoms with Gasteiger partial charge < -0.3 is 5.32 Å². The molecule has 2 amide bonds. The number of hydrogen-bond donors (Lipinski definition) is 2. The van der Waals surface area contributed by atoms with Crippen molar-refractivity contribution in [3.8, 4) is 0 Å². The van der Waals surface area contributed by atoms with Crippen LogP contribution in [0.2, 0.25) is 0 Å². The van der Waals surface area contributed by atoms with Gasteiger partial charge >= 0.3 is 0 Å². The SMILES string of the molecule is CC1CS(=O)(=O)N(c2cccc(C(=O)Nc3ccc(S(N)(=O)=O)cc3)c2)C1=O. The molecule has 11 heteroatoms. The molecule has 28 heavy (non-hydrogen) atoms. The molecule has 0 radical (unpaired) electrons. The second-order valence-corrected chi connectivity index (χ2v) is 9.78. The highest BCUT2D eigenvalue weighted by molar-refractivity contribution is 7.94. The van der Waals surface area contributed by atoms with E-state index in [0.29, 0.717) is 5.69 Å². The average Bonchev–Trinajstić information content (AvgIpc) is 2.81. The highest BCUT2D eigenvalue weighted by Crippen LogP contribution is 2.29. The van der Waals surface area contributed by atoms with E-state index < -0.39 is 37.8 Å². The van der Waals surface area contributed by atoms with Crippen molar-refractivity contribution in [3.63, 3.8) is 0 Å². The summed E-state index contributed by atoms with van der Waals surface area (Å²) in [6, 6.07) is 10.9. The smallest absolute Gasteiger partial charge is 0.255 e. The summed E-state index contributed by atoms with van der Waals surface area (Å²) in [5, 5.41) is 7.59. The first-order valence-corrected chi connectivity index (χ1v) is 11.3. The lowest BCUT2D eigenvalue weighted by Gasteiger charge is -2.16. The summed E-state index contributed by atoms with van der Waals surface area (Å²) in [5.74, 6) is -2.03. The topological polar surface area (TPSA) is 144 Å². The van der Waals surface area contributed by atoms with E-state index in [2.05, 4.69) is 5.32 Å². The van der Waals surface area contributed by atoms with Crippen LogP contribution in [-0.2, 0) is 24.8 Å². The first kappa shape index (κ1) is 20.0. The monoisotopic (exact) mass is 423 g/mol. The van der Waals surface area contributed by atoms with Crippen molar-refractivity contribution in [2.24, 2.45) is 11.1 Å². The predicted octanol–water partition coefficient (Wildman–Crippen LogP) is 0.899. The molecule has 0 spiro atoms. The highest BCUT2D eigenvalue weighted by Gasteiger charge is 2.42. The quantitative estimate of drug-likeness (QED) is 0.748. The number of primary sulfonamides is 1. The molecule has 3 rings (SSSR count). The first-order chi connectivity index (χ1) is 13.0. The number of hydrogen-bond acceptors (Lipinski definition) is 6. The number of benzene rings is 2. The summed E-state index contributed by atoms with van der Waals surface area (Å²) in [5.41, 5.74) is 0.545. The minimum Gasteiger partial charge on any atom is -0.322 e. The molecule has 0 aliphatic carbocycles. The number of nitrogens with two attached hydrogens (primary N) is 1. The summed E-state index contributed by atoms with van der Waals surface area (Å²) in [4.78, 5) is 24.6. The van der Waals surface area contributed by atoms with Crippen molar-refractivity contribution in [3.05, 3.63) is 54.1 Å². The predicted molar refractivity (Wildman–Crippen MR) is 103 cm³/mol. The van der Waals surface area contributed by atoms with E-state index >= 15 is 0 Å². The van der Waals surface area contributed by atoms with E-state index in [1.807, 2.05) is 0 Å². The van der Waals surface area contributed by atoms with Crippen LogP contribution in [0.3, 0.4) is 0 Å². The van der Waals surface area contributed by atoms with Crippen LogP contribution in [0.5, 0.6) is 0 Å². The fourth-order valence-electron chi connectivity index (χ4n) is 2.79. The Balaban J connectivity index is 1.84. The van der Waals surface area contributed by atoms with Crippen molar-refractivity contribution < 1.29 is 26.4 Å². The number of nitrogens with one attached hydrogen (secondary N) is 1. The van der Waals surface area contributed by atoms with Gasteiger partial charge in [-0.2, -0.15) is 0 Å². The molecule has 3 N–H and O–H groups in total. The first-order valence-electron chi connectivity index (χ1n) is 8.10. The van der Waals surface area contributed by atoms with Crippen LogP contribution >= 0.6 is 0 Å². The second kappa shape index (κ2) is 7.00. The fraction of sp³-hybridized carbons (Fsp3) is 0.176. The molecular weight excluding hydrogens is 406 g/mol. The Bertz CT molecular complexity index is 1160. The number of nitrogens with zero attached hydrogens (tertiary/aromatic N) is 1. The minimum absolute atomic E-state index is 0.0894. The van der Waals surface area contributed by atoms with Gasteiger partial charge in [-0.15, -0.1) is 0 Å². The van der Waals surface area contributed by atoms with Gasteiger partial charge in [0.05, 0.1) is 22.3 Å². The molecule has 1 heterocycles. The minimum atomic E-state index is -3.84. The molecule has 1 aliphatic heterocycles. The van der Waals surface area contributed by atoms with Gasteiger partial charge in [-0.1, -0.05) is 13.0 Å². The maximum absolute atomic E-state index is 12.5. The molecule has 148 valence electrons. The highest BCUT2D eigenvalue weighted by atomic mass is 32.2. The molecular formula is C17H17N3O6S2. The third-order valence-corrected chi connectivity index (χ3v) is 6.94. The van der Waals surface area contributed by atoms with Crippen LogP contribution in [-0.4, -0.2) is 34.4 Å². The molecule has 0 saturated carbocycles. The summed E-state index contributed by atoms with van der Waals surface area (Å²) in [6.07, 6.45) is 0. The number of carbonyl (C=O) groups excluding carboxylic acids is 2. The molecule has 1 saturated heterocycles. The summed E-state index contributed by atoms with van der Waals surface area (Å²) in [6.45, 7) is 1.53. The van der Waals surface area contributed by atoms with Crippen LogP contribution in [0.1, 0.15) is 17.3 Å². The van der Waals surface area contributed by atoms with Gasteiger partial charge in [-0.05, 0) is 42.5 Å². The van der Waals surface area contributed by atoms with Crippen molar-refractivity contribution >= 4 is 43.2 Å². The third kappa shape index (κ3) is 3.91. The van der Waals surface area contributed by atoms with Gasteiger partial charge in [0.25, 0.3) is 5.91 Å². The lowest BCUT2D eigenvalue weighted by atomic mass is 10.1. The molecule has 0 bridgehead atoms. The van der Waals surface area contributed by atoms with Gasteiger partial charge in [0.1, 0.15) is 0 Å². The number of rotatable bonds is 4. The van der Waals surface area contributed by atoms with Gasteiger partial charge in [0, 0.05) is 11.3 Å². The van der Waals surface area contributed by atoms with E-state index in [4.69, 9.17) is 5.14 Å². The molecule has 2 aromatic carbocycles. The average molecular weight is 423 g/mol. The summed E-state index contributed by atoms with van der Waals surface area (Å²) >= 11 is 0. The molecule has 1 unspecified atom stereocenters. The zero-order valence-electron chi connectivity index (χ0n) is 14.7. The van der Waals surface area contributed by atoms with Crippen LogP contribution in [0, 0.1) is 5.92 Å². The Morgan fingerprint density at radius 2 is 1.82 bits per heavy atom. The summed E-state index contributed by atoms with van der Waals surface area (Å²) in [7, 11) is -7.62. The maximum Gasteiger partial charge on any atom is 0.255 e. The van der Waals surface area contributed by atoms with E-state index in [1.54, 1.807) is 0 Å². The molecule has 2 aromatic rings. The number of anilines is 2. The van der Waals surface area contributed by atoms with Crippen LogP contribution in [0.15, 0.2) is 53.4 Å². The van der Waals surface area contributed by atoms with Gasteiger partial charge in [0.2, 0.25) is 26.0 Å². The van der Waals surface area contributed by atoms with Gasteiger partial charge in [0.15, 0.2) is 0 Å². The lowest BCUT2D eigenvalue weighted by Crippen LogP contribution is -2.30. The number of carbonyl (C=O) groups is 2. The molecule has 0 aromatic heterocycles. The Morgan fingerprint density at radius 1 is 1.18 bits per heavy atom. The van der Waals surface area contributed by atoms with Crippen molar-refractivity contribution in [2.45, 2.75) is 11.8 Å². The normalized spacial score (nSPS) is 18.9. The van der Waals surface area contributed by atoms with Gasteiger partial charge in [-0.25, -0.2) is 26.3 Å². The van der Waals surface area contributed by atoms with E-state index in [9.17, 15) is 26.4 Å². The largest absolute Gasteiger partial charge is 0.322 e. The van der Waals surface area contributed by atoms with E-state index in [1.165, 1.54) is 55.5 Å². The summed E-state index contributed by atoms with van der Waals surface area (Å²) < 4.78 is 47.7. The number of sulfonamides is 2. The van der Waals surface area contributed by atoms with E-state index in [-0.39, 0.29) is 21.9 Å². The maximum atomic E-state index is 12.5. The Labute approximate surface area is 162 Å². The Morgan fingerprint density at radius 3 is 2.36 bits per heavy atom. The van der Waals surface area contributed by atoms with E-state index in [0.717, 1.165) is 4.31 Å². The second-order valence-electron chi connectivity index (χ2n) is 6.36. The van der Waals surface area contributed by atoms with Crippen LogP contribution < -0.4 is 14.8 Å². The lowest BCUT2D eigenvalue weighted by molar-refractivity contribution is -0.119. The third-order valence-electron chi connectivity index (χ3n) is 4.14. The Hall–Kier alpha value is -2.76. The fourth-order valence-corrected chi connectivity index (χ4v) is 5.12. The van der Waals surface area contributed by atoms with Crippen molar-refractivity contribution in [1.82, 2.24) is 0 Å². The van der Waals surface area contributed by atoms with Crippen molar-refractivity contribution in [1.29, 1.82) is 0 Å². The molecule has 1 atom stereocenters. The zero-order chi connectivity index (χ0) is 20.7. The molecule has 9 nitrogen and oxygen atoms in total. The molecule has 1 aliphatic rings. The van der Waals surface area contributed by atoms with Crippen molar-refractivity contribution in [2.75, 3.05) is 15.4 Å². The van der Waals surface area contributed by atoms with Crippen LogP contribution in [0.25, 0.3) is 0 Å². The number of amides is 2. The van der Waals surface area contributed by atoms with Crippen LogP contribution in [0.4, 0.5) is 11.4 Å². The standard InChI is InChI=1S/C17H17N3O6S2/c1-11-10-27(23,24)20(17(11)22)14-4-2-3-12(9-14)16(21)19-13-5-7-15(8-6-13)28(18,25)26/h2-9,11H,10H2,1H3,(H,19,21)(H2,18,25,26). The molecule has 1 fully saturated rings. The van der Waals surface area contributed by atoms with Gasteiger partial charge in [-0.3, -0.25) is 9.59 Å². The Kier molecular flexibility index (Phi) is 5.00. The zero-order valence-corrected chi connectivity index (χ0v) is 16.3.